The lowest BCUT2D eigenvalue weighted by molar-refractivity contribution is -0.115. The van der Waals surface area contributed by atoms with Crippen molar-refractivity contribution in [2.24, 2.45) is 0 Å². The second-order valence-electron chi connectivity index (χ2n) is 4.33. The van der Waals surface area contributed by atoms with E-state index in [0.29, 0.717) is 5.69 Å². The van der Waals surface area contributed by atoms with Crippen LogP contribution in [-0.4, -0.2) is 16.6 Å². The van der Waals surface area contributed by atoms with E-state index in [2.05, 4.69) is 10.3 Å². The summed E-state index contributed by atoms with van der Waals surface area (Å²) in [5.41, 5.74) is 1.80. The fourth-order valence-corrected chi connectivity index (χ4v) is 2.61. The Kier molecular flexibility index (Phi) is 5.80. The monoisotopic (exact) mass is 297 g/mol. The summed E-state index contributed by atoms with van der Waals surface area (Å²) < 4.78 is 0. The maximum Gasteiger partial charge on any atom is 0.238 e. The number of aromatic nitrogens is 1. The Balaban J connectivity index is 1.80. The second kappa shape index (κ2) is 8.08. The molecule has 21 heavy (non-hydrogen) atoms. The highest BCUT2D eigenvalue weighted by Gasteiger charge is 2.01. The molecule has 1 aromatic heterocycles. The van der Waals surface area contributed by atoms with Crippen molar-refractivity contribution in [2.45, 2.75) is 17.7 Å². The van der Waals surface area contributed by atoms with E-state index in [9.17, 15) is 4.79 Å². The molecule has 4 nitrogen and oxygen atoms in total. The van der Waals surface area contributed by atoms with Crippen LogP contribution in [0.25, 0.3) is 0 Å². The van der Waals surface area contributed by atoms with Crippen molar-refractivity contribution in [3.8, 4) is 6.07 Å². The van der Waals surface area contributed by atoms with Crippen molar-refractivity contribution >= 4 is 23.4 Å². The predicted molar refractivity (Wildman–Crippen MR) is 84.0 cm³/mol. The molecule has 1 N–H and O–H groups in total. The highest BCUT2D eigenvalue weighted by atomic mass is 32.2. The third-order valence-electron chi connectivity index (χ3n) is 2.73. The SMILES string of the molecule is N#CCC(=O)Nc1ccc(SCCc2ccccn2)cc1. The second-order valence-corrected chi connectivity index (χ2v) is 5.50. The first-order chi connectivity index (χ1) is 10.3. The molecule has 0 unspecified atom stereocenters. The Bertz CT molecular complexity index is 620. The molecule has 0 saturated heterocycles. The number of nitriles is 1. The molecule has 0 aliphatic rings. The van der Waals surface area contributed by atoms with E-state index < -0.39 is 0 Å². The van der Waals surface area contributed by atoms with Gasteiger partial charge in [0.15, 0.2) is 0 Å². The van der Waals surface area contributed by atoms with Crippen molar-refractivity contribution in [3.63, 3.8) is 0 Å². The van der Waals surface area contributed by atoms with Gasteiger partial charge in [0.2, 0.25) is 5.91 Å². The topological polar surface area (TPSA) is 65.8 Å². The zero-order valence-corrected chi connectivity index (χ0v) is 12.3. The quantitative estimate of drug-likeness (QED) is 0.831. The van der Waals surface area contributed by atoms with Gasteiger partial charge in [-0.15, -0.1) is 11.8 Å². The zero-order valence-electron chi connectivity index (χ0n) is 11.5. The summed E-state index contributed by atoms with van der Waals surface area (Å²) in [6.07, 6.45) is 2.60. The molecule has 0 radical (unpaired) electrons. The summed E-state index contributed by atoms with van der Waals surface area (Å²) in [7, 11) is 0. The first kappa shape index (κ1) is 15.1. The third-order valence-corrected chi connectivity index (χ3v) is 3.74. The minimum absolute atomic E-state index is 0.124. The number of nitrogens with zero attached hydrogens (tertiary/aromatic N) is 2. The largest absolute Gasteiger partial charge is 0.325 e. The Morgan fingerprint density at radius 3 is 2.71 bits per heavy atom. The van der Waals surface area contributed by atoms with Crippen molar-refractivity contribution in [3.05, 3.63) is 54.4 Å². The number of carbonyl (C=O) groups excluding carboxylic acids is 1. The van der Waals surface area contributed by atoms with Crippen LogP contribution in [0.1, 0.15) is 12.1 Å². The molecule has 1 amide bonds. The van der Waals surface area contributed by atoms with Crippen LogP contribution >= 0.6 is 11.8 Å². The van der Waals surface area contributed by atoms with Crippen molar-refractivity contribution in [1.29, 1.82) is 5.26 Å². The highest BCUT2D eigenvalue weighted by molar-refractivity contribution is 7.99. The van der Waals surface area contributed by atoms with Crippen LogP contribution < -0.4 is 5.32 Å². The van der Waals surface area contributed by atoms with Gasteiger partial charge in [-0.1, -0.05) is 6.07 Å². The Morgan fingerprint density at radius 1 is 1.24 bits per heavy atom. The number of anilines is 1. The predicted octanol–water partition coefficient (Wildman–Crippen LogP) is 3.27. The van der Waals surface area contributed by atoms with Crippen LogP contribution in [0.5, 0.6) is 0 Å². The van der Waals surface area contributed by atoms with Gasteiger partial charge < -0.3 is 5.32 Å². The molecule has 0 saturated carbocycles. The summed E-state index contributed by atoms with van der Waals surface area (Å²) in [4.78, 5) is 16.7. The van der Waals surface area contributed by atoms with E-state index >= 15 is 0 Å². The number of thioether (sulfide) groups is 1. The lowest BCUT2D eigenvalue weighted by atomic mass is 10.3. The summed E-state index contributed by atoms with van der Waals surface area (Å²) in [6.45, 7) is 0. The molecule has 1 aromatic carbocycles. The average Bonchev–Trinajstić information content (AvgIpc) is 2.50. The Labute approximate surface area is 128 Å². The first-order valence-corrected chi connectivity index (χ1v) is 7.56. The van der Waals surface area contributed by atoms with E-state index in [4.69, 9.17) is 5.26 Å². The van der Waals surface area contributed by atoms with Gasteiger partial charge in [0.05, 0.1) is 6.07 Å². The molecule has 2 rings (SSSR count). The number of nitrogens with one attached hydrogen (secondary N) is 1. The molecule has 0 fully saturated rings. The van der Waals surface area contributed by atoms with Gasteiger partial charge in [-0.25, -0.2) is 0 Å². The van der Waals surface area contributed by atoms with E-state index in [1.165, 1.54) is 0 Å². The fraction of sp³-hybridized carbons (Fsp3) is 0.188. The Hall–Kier alpha value is -2.32. The number of aryl methyl sites for hydroxylation is 1. The van der Waals surface area contributed by atoms with Gasteiger partial charge in [-0.2, -0.15) is 5.26 Å². The summed E-state index contributed by atoms with van der Waals surface area (Å²) in [5, 5.41) is 11.1. The smallest absolute Gasteiger partial charge is 0.238 e. The van der Waals surface area contributed by atoms with Crippen LogP contribution in [0.4, 0.5) is 5.69 Å². The lowest BCUT2D eigenvalue weighted by Gasteiger charge is -2.05. The maximum atomic E-state index is 11.3. The zero-order chi connectivity index (χ0) is 14.9. The molecule has 0 aliphatic carbocycles. The van der Waals surface area contributed by atoms with Gasteiger partial charge in [0, 0.05) is 28.2 Å². The number of benzene rings is 1. The molecular formula is C16H15N3OS. The standard InChI is InChI=1S/C16H15N3OS/c17-10-8-16(20)19-14-4-6-15(7-5-14)21-12-9-13-3-1-2-11-18-13/h1-7,11H,8-9,12H2,(H,19,20). The molecule has 0 atom stereocenters. The molecule has 1 heterocycles. The third kappa shape index (κ3) is 5.28. The number of pyridine rings is 1. The van der Waals surface area contributed by atoms with Crippen molar-refractivity contribution in [1.82, 2.24) is 4.98 Å². The number of amides is 1. The molecule has 0 bridgehead atoms. The van der Waals surface area contributed by atoms with Gasteiger partial charge in [0.25, 0.3) is 0 Å². The average molecular weight is 297 g/mol. The fourth-order valence-electron chi connectivity index (χ4n) is 1.73. The van der Waals surface area contributed by atoms with E-state index in [1.54, 1.807) is 18.0 Å². The van der Waals surface area contributed by atoms with Crippen molar-refractivity contribution < 1.29 is 4.79 Å². The molecule has 0 spiro atoms. The summed E-state index contributed by atoms with van der Waals surface area (Å²) >= 11 is 1.75. The van der Waals surface area contributed by atoms with E-state index in [1.807, 2.05) is 48.5 Å². The van der Waals surface area contributed by atoms with Crippen LogP contribution in [-0.2, 0) is 11.2 Å². The van der Waals surface area contributed by atoms with Gasteiger partial charge in [-0.3, -0.25) is 9.78 Å². The minimum atomic E-state index is -0.284. The summed E-state index contributed by atoms with van der Waals surface area (Å²) in [6, 6.07) is 15.4. The van der Waals surface area contributed by atoms with Gasteiger partial charge >= 0.3 is 0 Å². The highest BCUT2D eigenvalue weighted by Crippen LogP contribution is 2.21. The Morgan fingerprint density at radius 2 is 2.05 bits per heavy atom. The molecule has 2 aromatic rings. The van der Waals surface area contributed by atoms with Crippen LogP contribution in [0.3, 0.4) is 0 Å². The minimum Gasteiger partial charge on any atom is -0.325 e. The molecule has 106 valence electrons. The van der Waals surface area contributed by atoms with Gasteiger partial charge in [-0.05, 0) is 42.8 Å². The number of hydrogen-bond acceptors (Lipinski definition) is 4. The summed E-state index contributed by atoms with van der Waals surface area (Å²) in [5.74, 6) is 0.671. The van der Waals surface area contributed by atoms with Gasteiger partial charge in [0.1, 0.15) is 6.42 Å². The first-order valence-electron chi connectivity index (χ1n) is 6.57. The van der Waals surface area contributed by atoms with Crippen molar-refractivity contribution in [2.75, 3.05) is 11.1 Å². The van der Waals surface area contributed by atoms with Crippen LogP contribution in [0, 0.1) is 11.3 Å². The number of carbonyl (C=O) groups is 1. The molecular weight excluding hydrogens is 282 g/mol. The van der Waals surface area contributed by atoms with E-state index in [0.717, 1.165) is 22.8 Å². The lowest BCUT2D eigenvalue weighted by Crippen LogP contribution is -2.09. The van der Waals surface area contributed by atoms with Crippen LogP contribution in [0.2, 0.25) is 0 Å². The molecule has 0 aliphatic heterocycles. The normalized spacial score (nSPS) is 9.86. The maximum absolute atomic E-state index is 11.3. The number of rotatable bonds is 6. The van der Waals surface area contributed by atoms with E-state index in [-0.39, 0.29) is 12.3 Å². The number of hydrogen-bond donors (Lipinski definition) is 1. The van der Waals surface area contributed by atoms with Crippen LogP contribution in [0.15, 0.2) is 53.6 Å². The molecule has 5 heteroatoms.